The minimum Gasteiger partial charge on any atom is -0.207 e. The van der Waals surface area contributed by atoms with E-state index in [1.807, 2.05) is 24.3 Å². The highest BCUT2D eigenvalue weighted by Crippen LogP contribution is 2.34. The second-order valence-electron chi connectivity index (χ2n) is 3.44. The molecule has 0 radical (unpaired) electrons. The topological polar surface area (TPSA) is 0 Å². The van der Waals surface area contributed by atoms with E-state index in [4.69, 9.17) is 0 Å². The third-order valence-corrected chi connectivity index (χ3v) is 4.09. The van der Waals surface area contributed by atoms with Gasteiger partial charge in [0, 0.05) is 4.47 Å². The predicted octanol–water partition coefficient (Wildman–Crippen LogP) is 5.07. The first-order valence-corrected chi connectivity index (χ1v) is 6.53. The van der Waals surface area contributed by atoms with Crippen LogP contribution in [-0.2, 0) is 0 Å². The van der Waals surface area contributed by atoms with Crippen molar-refractivity contribution >= 4 is 31.9 Å². The maximum atomic E-state index is 12.8. The van der Waals surface area contributed by atoms with Gasteiger partial charge in [0.05, 0.1) is 4.83 Å². The first-order valence-electron chi connectivity index (χ1n) is 4.82. The molecule has 0 saturated carbocycles. The van der Waals surface area contributed by atoms with Gasteiger partial charge < -0.3 is 0 Å². The molecule has 0 fully saturated rings. The third kappa shape index (κ3) is 2.53. The fourth-order valence-electron chi connectivity index (χ4n) is 1.49. The number of hydrogen-bond donors (Lipinski definition) is 0. The molecule has 0 aromatic heterocycles. The van der Waals surface area contributed by atoms with E-state index < -0.39 is 0 Å². The van der Waals surface area contributed by atoms with Gasteiger partial charge in [0.2, 0.25) is 0 Å². The minimum absolute atomic E-state index is 0.0728. The van der Waals surface area contributed by atoms with Crippen molar-refractivity contribution in [2.75, 3.05) is 0 Å². The Morgan fingerprint density at radius 2 is 1.56 bits per heavy atom. The Morgan fingerprint density at radius 3 is 2.19 bits per heavy atom. The fourth-order valence-corrected chi connectivity index (χ4v) is 3.02. The highest BCUT2D eigenvalue weighted by molar-refractivity contribution is 9.11. The first kappa shape index (κ1) is 11.8. The van der Waals surface area contributed by atoms with E-state index in [9.17, 15) is 4.39 Å². The van der Waals surface area contributed by atoms with E-state index in [1.54, 1.807) is 12.1 Å². The molecule has 0 aliphatic heterocycles. The van der Waals surface area contributed by atoms with Crippen LogP contribution < -0.4 is 0 Å². The van der Waals surface area contributed by atoms with Crippen LogP contribution in [0.25, 0.3) is 0 Å². The van der Waals surface area contributed by atoms with Crippen LogP contribution >= 0.6 is 31.9 Å². The molecule has 0 N–H and O–H groups in total. The van der Waals surface area contributed by atoms with Crippen molar-refractivity contribution in [3.05, 3.63) is 69.9 Å². The van der Waals surface area contributed by atoms with Gasteiger partial charge in [-0.3, -0.25) is 0 Å². The van der Waals surface area contributed by atoms with Crippen molar-refractivity contribution in [1.82, 2.24) is 0 Å². The van der Waals surface area contributed by atoms with E-state index >= 15 is 0 Å². The summed E-state index contributed by atoms with van der Waals surface area (Å²) in [5.74, 6) is -0.212. The third-order valence-electron chi connectivity index (χ3n) is 2.34. The zero-order chi connectivity index (χ0) is 11.5. The Labute approximate surface area is 111 Å². The molecule has 1 unspecified atom stereocenters. The lowest BCUT2D eigenvalue weighted by Crippen LogP contribution is -1.93. The number of rotatable bonds is 2. The molecule has 0 bridgehead atoms. The Hall–Kier alpha value is -0.670. The van der Waals surface area contributed by atoms with E-state index in [0.717, 1.165) is 15.6 Å². The molecule has 2 aromatic carbocycles. The van der Waals surface area contributed by atoms with Crippen molar-refractivity contribution < 1.29 is 4.39 Å². The summed E-state index contributed by atoms with van der Waals surface area (Å²) in [6.45, 7) is 0. The molecule has 82 valence electrons. The standard InChI is InChI=1S/C13H9Br2F/c14-12-4-2-1-3-11(12)13(15)9-5-7-10(16)8-6-9/h1-8,13H. The van der Waals surface area contributed by atoms with E-state index in [0.29, 0.717) is 0 Å². The zero-order valence-electron chi connectivity index (χ0n) is 8.33. The van der Waals surface area contributed by atoms with Gasteiger partial charge in [-0.15, -0.1) is 0 Å². The molecule has 1 atom stereocenters. The molecule has 0 spiro atoms. The van der Waals surface area contributed by atoms with Gasteiger partial charge in [-0.05, 0) is 29.3 Å². The maximum absolute atomic E-state index is 12.8. The first-order chi connectivity index (χ1) is 7.68. The largest absolute Gasteiger partial charge is 0.207 e. The van der Waals surface area contributed by atoms with Crippen molar-refractivity contribution in [3.8, 4) is 0 Å². The number of halogens is 3. The molecule has 0 saturated heterocycles. The van der Waals surface area contributed by atoms with Crippen LogP contribution in [0.1, 0.15) is 16.0 Å². The summed E-state index contributed by atoms with van der Waals surface area (Å²) in [5.41, 5.74) is 2.17. The molecule has 2 aromatic rings. The lowest BCUT2D eigenvalue weighted by atomic mass is 10.1. The number of benzene rings is 2. The highest BCUT2D eigenvalue weighted by atomic mass is 79.9. The van der Waals surface area contributed by atoms with Crippen molar-refractivity contribution in [1.29, 1.82) is 0 Å². The molecule has 0 heterocycles. The normalized spacial score (nSPS) is 12.4. The lowest BCUT2D eigenvalue weighted by molar-refractivity contribution is 0.627. The SMILES string of the molecule is Fc1ccc(C(Br)c2ccccc2Br)cc1. The molecule has 0 aliphatic carbocycles. The Balaban J connectivity index is 2.35. The molecule has 0 aliphatic rings. The van der Waals surface area contributed by atoms with Gasteiger partial charge in [0.25, 0.3) is 0 Å². The maximum Gasteiger partial charge on any atom is 0.123 e. The lowest BCUT2D eigenvalue weighted by Gasteiger charge is -2.12. The quantitative estimate of drug-likeness (QED) is 0.667. The summed E-state index contributed by atoms with van der Waals surface area (Å²) >= 11 is 7.12. The summed E-state index contributed by atoms with van der Waals surface area (Å²) in [6, 6.07) is 14.5. The van der Waals surface area contributed by atoms with Crippen LogP contribution in [0.5, 0.6) is 0 Å². The molecule has 3 heteroatoms. The van der Waals surface area contributed by atoms with Crippen LogP contribution in [0.2, 0.25) is 0 Å². The van der Waals surface area contributed by atoms with Gasteiger partial charge in [-0.25, -0.2) is 4.39 Å². The van der Waals surface area contributed by atoms with Crippen LogP contribution in [0.4, 0.5) is 4.39 Å². The summed E-state index contributed by atoms with van der Waals surface area (Å²) in [4.78, 5) is 0.0728. The second kappa shape index (κ2) is 5.11. The highest BCUT2D eigenvalue weighted by Gasteiger charge is 2.12. The number of hydrogen-bond acceptors (Lipinski definition) is 0. The van der Waals surface area contributed by atoms with Crippen LogP contribution in [0, 0.1) is 5.82 Å². The molecule has 2 rings (SSSR count). The van der Waals surface area contributed by atoms with E-state index in [-0.39, 0.29) is 10.6 Å². The van der Waals surface area contributed by atoms with Crippen LogP contribution in [0.15, 0.2) is 53.0 Å². The fraction of sp³-hybridized carbons (Fsp3) is 0.0769. The second-order valence-corrected chi connectivity index (χ2v) is 5.21. The summed E-state index contributed by atoms with van der Waals surface area (Å²) in [6.07, 6.45) is 0. The van der Waals surface area contributed by atoms with Gasteiger partial charge in [-0.2, -0.15) is 0 Å². The molecule has 16 heavy (non-hydrogen) atoms. The monoisotopic (exact) mass is 342 g/mol. The van der Waals surface area contributed by atoms with Crippen LogP contribution in [-0.4, -0.2) is 0 Å². The average Bonchev–Trinajstić information content (AvgIpc) is 2.30. The summed E-state index contributed by atoms with van der Waals surface area (Å²) in [7, 11) is 0. The molecule has 0 amide bonds. The van der Waals surface area contributed by atoms with E-state index in [1.165, 1.54) is 12.1 Å². The van der Waals surface area contributed by atoms with Crippen LogP contribution in [0.3, 0.4) is 0 Å². The average molecular weight is 344 g/mol. The van der Waals surface area contributed by atoms with Gasteiger partial charge in [0.1, 0.15) is 5.82 Å². The predicted molar refractivity (Wildman–Crippen MR) is 71.3 cm³/mol. The van der Waals surface area contributed by atoms with Gasteiger partial charge >= 0.3 is 0 Å². The molecule has 0 nitrogen and oxygen atoms in total. The Bertz CT molecular complexity index is 480. The smallest absolute Gasteiger partial charge is 0.123 e. The minimum atomic E-state index is -0.212. The summed E-state index contributed by atoms with van der Waals surface area (Å²) < 4.78 is 13.9. The van der Waals surface area contributed by atoms with E-state index in [2.05, 4.69) is 31.9 Å². The number of alkyl halides is 1. The molecular formula is C13H9Br2F. The summed E-state index contributed by atoms with van der Waals surface area (Å²) in [5, 5.41) is 0. The Kier molecular flexibility index (Phi) is 3.77. The molecular weight excluding hydrogens is 335 g/mol. The van der Waals surface area contributed by atoms with Crippen molar-refractivity contribution in [2.24, 2.45) is 0 Å². The van der Waals surface area contributed by atoms with Crippen molar-refractivity contribution in [2.45, 2.75) is 4.83 Å². The zero-order valence-corrected chi connectivity index (χ0v) is 11.5. The van der Waals surface area contributed by atoms with Gasteiger partial charge in [-0.1, -0.05) is 62.2 Å². The Morgan fingerprint density at radius 1 is 0.938 bits per heavy atom. The van der Waals surface area contributed by atoms with Gasteiger partial charge in [0.15, 0.2) is 0 Å². The van der Waals surface area contributed by atoms with Crippen molar-refractivity contribution in [3.63, 3.8) is 0 Å².